The first-order chi connectivity index (χ1) is 9.33. The minimum atomic E-state index is -4.49. The number of rotatable bonds is 5. The maximum atomic E-state index is 12.3. The van der Waals surface area contributed by atoms with E-state index in [-0.39, 0.29) is 6.54 Å². The fourth-order valence-electron chi connectivity index (χ4n) is 1.48. The Labute approximate surface area is 122 Å². The lowest BCUT2D eigenvalue weighted by atomic mass is 10.2. The van der Waals surface area contributed by atoms with Crippen LogP contribution in [0.1, 0.15) is 5.56 Å². The second kappa shape index (κ2) is 7.44. The van der Waals surface area contributed by atoms with Gasteiger partial charge in [-0.1, -0.05) is 34.1 Å². The monoisotopic (exact) mass is 351 g/mol. The normalized spacial score (nSPS) is 11.8. The van der Waals surface area contributed by atoms with Crippen LogP contribution in [-0.4, -0.2) is 41.8 Å². The number of hydrogen-bond acceptors (Lipinski definition) is 2. The number of hydrogen-bond donors (Lipinski definition) is 1. The molecule has 1 aromatic carbocycles. The number of alkyl halides is 3. The molecule has 0 saturated carbocycles. The molecule has 0 aliphatic heterocycles. The lowest BCUT2D eigenvalue weighted by Gasteiger charge is -2.21. The van der Waals surface area contributed by atoms with Crippen molar-refractivity contribution >= 4 is 27.9 Å². The number of carbonyl (C=O) groups is 1. The van der Waals surface area contributed by atoms with Gasteiger partial charge in [0.05, 0.1) is 6.61 Å². The molecule has 1 amide bonds. The van der Waals surface area contributed by atoms with Crippen LogP contribution < -0.4 is 0 Å². The third kappa shape index (κ3) is 5.75. The number of benzene rings is 1. The first-order valence-corrected chi connectivity index (χ1v) is 6.52. The summed E-state index contributed by atoms with van der Waals surface area (Å²) < 4.78 is 37.7. The number of nitrogens with zero attached hydrogens (tertiary/aromatic N) is 1. The van der Waals surface area contributed by atoms with Crippen LogP contribution in [0.3, 0.4) is 0 Å². The molecule has 1 N–H and O–H groups in total. The van der Waals surface area contributed by atoms with Crippen LogP contribution in [-0.2, 0) is 4.79 Å². The number of aliphatic hydroxyl groups is 1. The maximum absolute atomic E-state index is 12.3. The highest BCUT2D eigenvalue weighted by atomic mass is 79.9. The molecule has 1 rings (SSSR count). The van der Waals surface area contributed by atoms with Gasteiger partial charge in [-0.2, -0.15) is 13.2 Å². The molecule has 0 bridgehead atoms. The Bertz CT molecular complexity index is 489. The van der Waals surface area contributed by atoms with E-state index in [1.165, 1.54) is 6.08 Å². The van der Waals surface area contributed by atoms with Crippen LogP contribution >= 0.6 is 15.9 Å². The van der Waals surface area contributed by atoms with Crippen molar-refractivity contribution in [1.29, 1.82) is 0 Å². The molecule has 0 spiro atoms. The first-order valence-electron chi connectivity index (χ1n) is 5.72. The van der Waals surface area contributed by atoms with Gasteiger partial charge in [-0.15, -0.1) is 0 Å². The zero-order valence-electron chi connectivity index (χ0n) is 10.4. The van der Waals surface area contributed by atoms with Crippen molar-refractivity contribution in [3.63, 3.8) is 0 Å². The number of amides is 1. The fraction of sp³-hybridized carbons (Fsp3) is 0.308. The predicted molar refractivity (Wildman–Crippen MR) is 72.9 cm³/mol. The molecule has 1 aromatic rings. The summed E-state index contributed by atoms with van der Waals surface area (Å²) in [6.07, 6.45) is -2.01. The second-order valence-electron chi connectivity index (χ2n) is 3.95. The SMILES string of the molecule is O=C(/C=C/c1ccccc1Br)N(CCO)CC(F)(F)F. The van der Waals surface area contributed by atoms with Gasteiger partial charge >= 0.3 is 6.18 Å². The van der Waals surface area contributed by atoms with E-state index < -0.39 is 25.2 Å². The van der Waals surface area contributed by atoms with Crippen LogP contribution in [0, 0.1) is 0 Å². The van der Waals surface area contributed by atoms with E-state index in [2.05, 4.69) is 15.9 Å². The molecule has 110 valence electrons. The molecule has 0 aliphatic carbocycles. The quantitative estimate of drug-likeness (QED) is 0.828. The topological polar surface area (TPSA) is 40.5 Å². The Morgan fingerprint density at radius 2 is 2.00 bits per heavy atom. The minimum Gasteiger partial charge on any atom is -0.395 e. The van der Waals surface area contributed by atoms with Gasteiger partial charge < -0.3 is 10.0 Å². The summed E-state index contributed by atoms with van der Waals surface area (Å²) >= 11 is 3.27. The smallest absolute Gasteiger partial charge is 0.395 e. The summed E-state index contributed by atoms with van der Waals surface area (Å²) in [7, 11) is 0. The fourth-order valence-corrected chi connectivity index (χ4v) is 1.90. The average Bonchev–Trinajstić information content (AvgIpc) is 2.35. The highest BCUT2D eigenvalue weighted by molar-refractivity contribution is 9.10. The largest absolute Gasteiger partial charge is 0.406 e. The standard InChI is InChI=1S/C13H13BrF3NO2/c14-11-4-2-1-3-10(11)5-6-12(20)18(7-8-19)9-13(15,16)17/h1-6,19H,7-9H2/b6-5+. The third-order valence-corrected chi connectivity index (χ3v) is 3.08. The van der Waals surface area contributed by atoms with Crippen molar-refractivity contribution in [2.24, 2.45) is 0 Å². The first kappa shape index (κ1) is 16.7. The van der Waals surface area contributed by atoms with Gasteiger partial charge in [0, 0.05) is 17.1 Å². The molecule has 0 aliphatic rings. The third-order valence-electron chi connectivity index (χ3n) is 2.36. The summed E-state index contributed by atoms with van der Waals surface area (Å²) in [6.45, 7) is -2.27. The van der Waals surface area contributed by atoms with Crippen molar-refractivity contribution in [2.75, 3.05) is 19.7 Å². The number of halogens is 4. The zero-order valence-corrected chi connectivity index (χ0v) is 12.0. The number of aliphatic hydroxyl groups excluding tert-OH is 1. The van der Waals surface area contributed by atoms with E-state index in [0.29, 0.717) is 10.5 Å². The minimum absolute atomic E-state index is 0.362. The Morgan fingerprint density at radius 3 is 2.55 bits per heavy atom. The molecule has 3 nitrogen and oxygen atoms in total. The average molecular weight is 352 g/mol. The van der Waals surface area contributed by atoms with E-state index in [1.54, 1.807) is 24.3 Å². The highest BCUT2D eigenvalue weighted by Gasteiger charge is 2.32. The van der Waals surface area contributed by atoms with Crippen molar-refractivity contribution in [3.05, 3.63) is 40.4 Å². The van der Waals surface area contributed by atoms with Crippen molar-refractivity contribution in [2.45, 2.75) is 6.18 Å². The Balaban J connectivity index is 2.78. The van der Waals surface area contributed by atoms with E-state index in [1.807, 2.05) is 0 Å². The maximum Gasteiger partial charge on any atom is 0.406 e. The van der Waals surface area contributed by atoms with Crippen molar-refractivity contribution < 1.29 is 23.1 Å². The summed E-state index contributed by atoms with van der Waals surface area (Å²) in [5.41, 5.74) is 0.678. The number of carbonyl (C=O) groups excluding carboxylic acids is 1. The zero-order chi connectivity index (χ0) is 15.2. The second-order valence-corrected chi connectivity index (χ2v) is 4.81. The van der Waals surface area contributed by atoms with Gasteiger partial charge in [0.25, 0.3) is 0 Å². The van der Waals surface area contributed by atoms with Gasteiger partial charge in [-0.3, -0.25) is 4.79 Å². The Kier molecular flexibility index (Phi) is 6.22. The van der Waals surface area contributed by atoms with E-state index in [0.717, 1.165) is 10.5 Å². The van der Waals surface area contributed by atoms with Crippen molar-refractivity contribution in [3.8, 4) is 0 Å². The summed E-state index contributed by atoms with van der Waals surface area (Å²) in [6, 6.07) is 7.00. The molecular weight excluding hydrogens is 339 g/mol. The molecular formula is C13H13BrF3NO2. The van der Waals surface area contributed by atoms with E-state index >= 15 is 0 Å². The van der Waals surface area contributed by atoms with Gasteiger partial charge in [0.2, 0.25) is 5.91 Å². The Hall–Kier alpha value is -1.34. The molecule has 0 aromatic heterocycles. The van der Waals surface area contributed by atoms with Crippen LogP contribution in [0.15, 0.2) is 34.8 Å². The van der Waals surface area contributed by atoms with E-state index in [9.17, 15) is 18.0 Å². The van der Waals surface area contributed by atoms with Gasteiger partial charge in [-0.05, 0) is 17.7 Å². The molecule has 0 fully saturated rings. The van der Waals surface area contributed by atoms with Crippen LogP contribution in [0.4, 0.5) is 13.2 Å². The summed E-state index contributed by atoms with van der Waals surface area (Å²) in [5, 5.41) is 8.72. The van der Waals surface area contributed by atoms with Crippen LogP contribution in [0.5, 0.6) is 0 Å². The molecule has 0 heterocycles. The molecule has 0 saturated heterocycles. The van der Waals surface area contributed by atoms with Crippen LogP contribution in [0.25, 0.3) is 6.08 Å². The summed E-state index contributed by atoms with van der Waals surface area (Å²) in [4.78, 5) is 12.3. The van der Waals surface area contributed by atoms with Gasteiger partial charge in [-0.25, -0.2) is 0 Å². The van der Waals surface area contributed by atoms with Gasteiger partial charge in [0.15, 0.2) is 0 Å². The summed E-state index contributed by atoms with van der Waals surface area (Å²) in [5.74, 6) is -0.799. The van der Waals surface area contributed by atoms with E-state index in [4.69, 9.17) is 5.11 Å². The molecule has 20 heavy (non-hydrogen) atoms. The Morgan fingerprint density at radius 1 is 1.35 bits per heavy atom. The lowest BCUT2D eigenvalue weighted by molar-refractivity contribution is -0.158. The van der Waals surface area contributed by atoms with Gasteiger partial charge in [0.1, 0.15) is 6.54 Å². The predicted octanol–water partition coefficient (Wildman–Crippen LogP) is 2.85. The highest BCUT2D eigenvalue weighted by Crippen LogP contribution is 2.19. The van der Waals surface area contributed by atoms with Crippen molar-refractivity contribution in [1.82, 2.24) is 4.90 Å². The molecule has 0 unspecified atom stereocenters. The molecule has 7 heteroatoms. The molecule has 0 atom stereocenters. The lowest BCUT2D eigenvalue weighted by Crippen LogP contribution is -2.39. The van der Waals surface area contributed by atoms with Crippen LogP contribution in [0.2, 0.25) is 0 Å². The molecule has 0 radical (unpaired) electrons.